The van der Waals surface area contributed by atoms with Crippen molar-refractivity contribution < 1.29 is 19.4 Å². The van der Waals surface area contributed by atoms with Gasteiger partial charge in [-0.15, -0.1) is 0 Å². The van der Waals surface area contributed by atoms with E-state index in [0.29, 0.717) is 19.8 Å². The van der Waals surface area contributed by atoms with Gasteiger partial charge in [0.25, 0.3) is 0 Å². The quantitative estimate of drug-likeness (QED) is 0.281. The van der Waals surface area contributed by atoms with Gasteiger partial charge in [0.1, 0.15) is 0 Å². The van der Waals surface area contributed by atoms with E-state index in [1.54, 1.807) is 0 Å². The molecule has 0 aliphatic carbocycles. The highest BCUT2D eigenvalue weighted by Gasteiger charge is 1.93. The molecule has 0 fully saturated rings. The first-order chi connectivity index (χ1) is 8.41. The molecule has 0 rings (SSSR count). The number of ether oxygens (including phenoxy) is 2. The van der Waals surface area contributed by atoms with E-state index in [4.69, 9.17) is 20.5 Å². The van der Waals surface area contributed by atoms with Gasteiger partial charge in [0.05, 0.1) is 26.4 Å². The molecule has 5 nitrogen and oxygen atoms in total. The summed E-state index contributed by atoms with van der Waals surface area (Å²) in [4.78, 5) is 4.38. The molecule has 0 bridgehead atoms. The molecule has 0 saturated carbocycles. The van der Waals surface area contributed by atoms with Crippen molar-refractivity contribution in [1.29, 1.82) is 0 Å². The van der Waals surface area contributed by atoms with Gasteiger partial charge in [0.2, 0.25) is 0 Å². The molecule has 17 heavy (non-hydrogen) atoms. The van der Waals surface area contributed by atoms with Crippen molar-refractivity contribution in [3.8, 4) is 0 Å². The maximum Gasteiger partial charge on any atom is 0.0913 e. The summed E-state index contributed by atoms with van der Waals surface area (Å²) in [5.74, 6) is 7.03. The van der Waals surface area contributed by atoms with Crippen molar-refractivity contribution in [2.24, 2.45) is 5.90 Å². The van der Waals surface area contributed by atoms with Crippen molar-refractivity contribution in [1.82, 2.24) is 0 Å². The molecule has 0 saturated heterocycles. The van der Waals surface area contributed by atoms with Gasteiger partial charge >= 0.3 is 0 Å². The van der Waals surface area contributed by atoms with E-state index in [0.717, 1.165) is 37.6 Å². The lowest BCUT2D eigenvalue weighted by Gasteiger charge is -2.03. The Morgan fingerprint density at radius 2 is 1.41 bits per heavy atom. The molecule has 0 radical (unpaired) electrons. The predicted molar refractivity (Wildman–Crippen MR) is 73.0 cm³/mol. The third kappa shape index (κ3) is 16.5. The molecule has 0 aromatic rings. The van der Waals surface area contributed by atoms with E-state index in [2.05, 4.69) is 4.84 Å². The molecule has 0 heterocycles. The van der Waals surface area contributed by atoms with Crippen LogP contribution in [0.2, 0.25) is 0 Å². The van der Waals surface area contributed by atoms with Gasteiger partial charge in [-0.25, -0.2) is 5.90 Å². The van der Waals surface area contributed by atoms with E-state index in [9.17, 15) is 0 Å². The number of rotatable bonds is 14. The van der Waals surface area contributed by atoms with Crippen molar-refractivity contribution in [3.05, 3.63) is 0 Å². The van der Waals surface area contributed by atoms with Crippen LogP contribution in [0, 0.1) is 0 Å². The summed E-state index contributed by atoms with van der Waals surface area (Å²) in [5.41, 5.74) is 0. The second-order valence-corrected chi connectivity index (χ2v) is 5.87. The molecule has 0 aromatic carbocycles. The van der Waals surface area contributed by atoms with Crippen LogP contribution in [0.4, 0.5) is 0 Å². The fourth-order valence-corrected chi connectivity index (χ4v) is 3.05. The minimum absolute atomic E-state index is 0.108. The fraction of sp³-hybridized carbons (Fsp3) is 1.00. The Balaban J connectivity index is 2.85. The molecular weight excluding hydrogens is 262 g/mol. The van der Waals surface area contributed by atoms with Crippen molar-refractivity contribution in [2.45, 2.75) is 12.8 Å². The van der Waals surface area contributed by atoms with Crippen LogP contribution in [0.1, 0.15) is 12.8 Å². The van der Waals surface area contributed by atoms with Gasteiger partial charge in [-0.3, -0.25) is 0 Å². The largest absolute Gasteiger partial charge is 0.394 e. The second kappa shape index (κ2) is 16.5. The molecule has 0 amide bonds. The Morgan fingerprint density at radius 1 is 0.824 bits per heavy atom. The molecule has 0 aromatic heterocycles. The third-order valence-corrected chi connectivity index (χ3v) is 4.27. The summed E-state index contributed by atoms with van der Waals surface area (Å²) in [6, 6.07) is 0. The van der Waals surface area contributed by atoms with E-state index in [1.807, 2.05) is 21.6 Å². The van der Waals surface area contributed by atoms with Gasteiger partial charge in [0, 0.05) is 24.7 Å². The number of aliphatic hydroxyl groups is 1. The van der Waals surface area contributed by atoms with E-state index in [-0.39, 0.29) is 6.61 Å². The first-order valence-electron chi connectivity index (χ1n) is 5.74. The Bertz CT molecular complexity index is 129. The highest BCUT2D eigenvalue weighted by molar-refractivity contribution is 8.76. The summed E-state index contributed by atoms with van der Waals surface area (Å²) in [5, 5.41) is 8.48. The summed E-state index contributed by atoms with van der Waals surface area (Å²) in [7, 11) is 3.71. The average molecular weight is 285 g/mol. The lowest BCUT2D eigenvalue weighted by Crippen LogP contribution is -2.08. The van der Waals surface area contributed by atoms with Crippen LogP contribution in [-0.2, 0) is 14.3 Å². The zero-order chi connectivity index (χ0) is 12.6. The van der Waals surface area contributed by atoms with Gasteiger partial charge in [-0.05, 0) is 12.8 Å². The molecule has 0 unspecified atom stereocenters. The number of hydrogen-bond acceptors (Lipinski definition) is 7. The highest BCUT2D eigenvalue weighted by atomic mass is 33.1. The Morgan fingerprint density at radius 3 is 1.94 bits per heavy atom. The number of aliphatic hydroxyl groups excluding tert-OH is 1. The predicted octanol–water partition coefficient (Wildman–Crippen LogP) is 1.06. The van der Waals surface area contributed by atoms with Gasteiger partial charge in [0.15, 0.2) is 0 Å². The monoisotopic (exact) mass is 285 g/mol. The summed E-state index contributed by atoms with van der Waals surface area (Å²) >= 11 is 0. The van der Waals surface area contributed by atoms with Crippen LogP contribution in [0.5, 0.6) is 0 Å². The lowest BCUT2D eigenvalue weighted by atomic mass is 10.5. The first-order valence-corrected chi connectivity index (χ1v) is 8.23. The minimum atomic E-state index is 0.108. The molecule has 0 aliphatic rings. The molecule has 7 heteroatoms. The normalized spacial score (nSPS) is 10.9. The van der Waals surface area contributed by atoms with E-state index >= 15 is 0 Å². The highest BCUT2D eigenvalue weighted by Crippen LogP contribution is 2.22. The number of hydrogen-bond donors (Lipinski definition) is 2. The Hall–Kier alpha value is 0.500. The zero-order valence-electron chi connectivity index (χ0n) is 10.1. The summed E-state index contributed by atoms with van der Waals surface area (Å²) in [6.07, 6.45) is 2.07. The maximum absolute atomic E-state index is 8.48. The van der Waals surface area contributed by atoms with E-state index in [1.165, 1.54) is 0 Å². The maximum atomic E-state index is 8.48. The molecule has 0 spiro atoms. The Labute approximate surface area is 111 Å². The standard InChI is InChI=1S/C10H23NO4S2/c11-15-8-7-14-5-2-10-17-16-9-1-4-13-6-3-12/h12H,1-11H2. The third-order valence-electron chi connectivity index (χ3n) is 1.70. The van der Waals surface area contributed by atoms with Crippen LogP contribution in [-0.4, -0.2) is 56.3 Å². The van der Waals surface area contributed by atoms with Gasteiger partial charge in [-0.2, -0.15) is 0 Å². The molecule has 3 N–H and O–H groups in total. The topological polar surface area (TPSA) is 73.9 Å². The smallest absolute Gasteiger partial charge is 0.0913 e. The number of nitrogens with two attached hydrogens (primary N) is 1. The zero-order valence-corrected chi connectivity index (χ0v) is 11.8. The van der Waals surface area contributed by atoms with Gasteiger partial charge in [-0.1, -0.05) is 21.6 Å². The SMILES string of the molecule is NOCCOCCCSSCCCOCCO. The summed E-state index contributed by atoms with van der Waals surface area (Å²) in [6.45, 7) is 3.07. The van der Waals surface area contributed by atoms with Crippen LogP contribution in [0.15, 0.2) is 0 Å². The van der Waals surface area contributed by atoms with Crippen molar-refractivity contribution in [3.63, 3.8) is 0 Å². The first kappa shape index (κ1) is 17.5. The van der Waals surface area contributed by atoms with Crippen molar-refractivity contribution >= 4 is 21.6 Å². The van der Waals surface area contributed by atoms with Crippen LogP contribution in [0.25, 0.3) is 0 Å². The van der Waals surface area contributed by atoms with Gasteiger partial charge < -0.3 is 19.4 Å². The lowest BCUT2D eigenvalue weighted by molar-refractivity contribution is 0.0483. The minimum Gasteiger partial charge on any atom is -0.394 e. The van der Waals surface area contributed by atoms with Crippen molar-refractivity contribution in [2.75, 3.05) is 51.1 Å². The van der Waals surface area contributed by atoms with Crippen LogP contribution in [0.3, 0.4) is 0 Å². The fourth-order valence-electron chi connectivity index (χ4n) is 0.933. The Kier molecular flexibility index (Phi) is 17.0. The van der Waals surface area contributed by atoms with Crippen LogP contribution < -0.4 is 5.90 Å². The summed E-state index contributed by atoms with van der Waals surface area (Å²) < 4.78 is 10.4. The van der Waals surface area contributed by atoms with Crippen LogP contribution >= 0.6 is 21.6 Å². The molecule has 0 atom stereocenters. The molecule has 104 valence electrons. The molecular formula is C10H23NO4S2. The van der Waals surface area contributed by atoms with E-state index < -0.39 is 0 Å². The average Bonchev–Trinajstić information content (AvgIpc) is 2.35. The molecule has 0 aliphatic heterocycles. The second-order valence-electron chi connectivity index (χ2n) is 3.17.